The third kappa shape index (κ3) is 3.86. The Morgan fingerprint density at radius 3 is 2.31 bits per heavy atom. The quantitative estimate of drug-likeness (QED) is 0.678. The minimum absolute atomic E-state index is 0.124. The number of aryl methyl sites for hydroxylation is 1. The molecule has 0 N–H and O–H groups in total. The van der Waals surface area contributed by atoms with E-state index in [1.807, 2.05) is 23.1 Å². The zero-order valence-corrected chi connectivity index (χ0v) is 16.7. The highest BCUT2D eigenvalue weighted by atomic mass is 16.5. The Labute approximate surface area is 169 Å². The topological polar surface area (TPSA) is 67.7 Å². The van der Waals surface area contributed by atoms with Crippen LogP contribution >= 0.6 is 0 Å². The Balaban J connectivity index is 1.46. The van der Waals surface area contributed by atoms with E-state index < -0.39 is 0 Å². The fraction of sp³-hybridized carbons (Fsp3) is 0.318. The molecular weight excluding hydrogens is 368 g/mol. The van der Waals surface area contributed by atoms with Crippen LogP contribution in [0.25, 0.3) is 10.8 Å². The zero-order chi connectivity index (χ0) is 20.4. The van der Waals surface area contributed by atoms with E-state index in [0.717, 1.165) is 25.4 Å². The van der Waals surface area contributed by atoms with E-state index in [0.29, 0.717) is 29.6 Å². The molecule has 2 aromatic carbocycles. The molecule has 1 fully saturated rings. The normalized spacial score (nSPS) is 14.9. The lowest BCUT2D eigenvalue weighted by atomic mass is 10.1. The number of amides is 1. The van der Waals surface area contributed by atoms with Crippen molar-refractivity contribution in [2.75, 3.05) is 33.3 Å². The molecule has 0 aliphatic carbocycles. The number of carbonyl (C=O) groups excluding carboxylic acids is 1. The number of rotatable bonds is 4. The van der Waals surface area contributed by atoms with Gasteiger partial charge in [-0.25, -0.2) is 4.68 Å². The number of fused-ring (bicyclic) bond motifs is 1. The summed E-state index contributed by atoms with van der Waals surface area (Å²) in [7, 11) is 3.24. The minimum Gasteiger partial charge on any atom is -0.497 e. The number of nitrogens with zero attached hydrogens (tertiary/aromatic N) is 4. The summed E-state index contributed by atoms with van der Waals surface area (Å²) in [5.74, 6) is 0.724. The second kappa shape index (κ2) is 8.05. The van der Waals surface area contributed by atoms with E-state index in [9.17, 15) is 9.59 Å². The number of benzene rings is 2. The maximum Gasteiger partial charge on any atom is 0.275 e. The van der Waals surface area contributed by atoms with Crippen molar-refractivity contribution in [3.8, 4) is 5.75 Å². The summed E-state index contributed by atoms with van der Waals surface area (Å²) in [5, 5.41) is 5.40. The Hall–Kier alpha value is -3.19. The standard InChI is InChI=1S/C22H24N4O3/c1-24-21(27)19-6-4-3-5-18(19)20(23-24)22(28)26-13-11-25(12-14-26)15-16-7-9-17(29-2)10-8-16/h3-10H,11-15H2,1-2H3. The van der Waals surface area contributed by atoms with Gasteiger partial charge >= 0.3 is 0 Å². The second-order valence-electron chi connectivity index (χ2n) is 7.24. The largest absolute Gasteiger partial charge is 0.497 e. The van der Waals surface area contributed by atoms with Crippen molar-refractivity contribution < 1.29 is 9.53 Å². The molecule has 150 valence electrons. The van der Waals surface area contributed by atoms with Crippen LogP contribution in [0.3, 0.4) is 0 Å². The highest BCUT2D eigenvalue weighted by molar-refractivity contribution is 6.04. The lowest BCUT2D eigenvalue weighted by Crippen LogP contribution is -2.48. The first-order chi connectivity index (χ1) is 14.1. The SMILES string of the molecule is COc1ccc(CN2CCN(C(=O)c3nn(C)c(=O)c4ccccc34)CC2)cc1. The average Bonchev–Trinajstić information content (AvgIpc) is 2.77. The highest BCUT2D eigenvalue weighted by Gasteiger charge is 2.25. The van der Waals surface area contributed by atoms with Crippen LogP contribution in [0.5, 0.6) is 5.75 Å². The third-order valence-electron chi connectivity index (χ3n) is 5.38. The Morgan fingerprint density at radius 1 is 1.00 bits per heavy atom. The summed E-state index contributed by atoms with van der Waals surface area (Å²) in [5.41, 5.74) is 1.36. The van der Waals surface area contributed by atoms with Crippen molar-refractivity contribution >= 4 is 16.7 Å². The number of hydrogen-bond donors (Lipinski definition) is 0. The lowest BCUT2D eigenvalue weighted by Gasteiger charge is -2.34. The van der Waals surface area contributed by atoms with Crippen LogP contribution in [-0.4, -0.2) is 58.8 Å². The molecule has 0 radical (unpaired) electrons. The first-order valence-electron chi connectivity index (χ1n) is 9.67. The van der Waals surface area contributed by atoms with Crippen molar-refractivity contribution in [1.29, 1.82) is 0 Å². The van der Waals surface area contributed by atoms with Gasteiger partial charge in [0.1, 0.15) is 5.75 Å². The van der Waals surface area contributed by atoms with Gasteiger partial charge in [0.2, 0.25) is 0 Å². The van der Waals surface area contributed by atoms with Gasteiger partial charge in [0, 0.05) is 45.2 Å². The van der Waals surface area contributed by atoms with Gasteiger partial charge in [-0.15, -0.1) is 0 Å². The molecule has 1 aromatic heterocycles. The molecule has 1 aliphatic rings. The number of piperazine rings is 1. The van der Waals surface area contributed by atoms with Gasteiger partial charge in [-0.2, -0.15) is 5.10 Å². The molecule has 1 aliphatic heterocycles. The highest BCUT2D eigenvalue weighted by Crippen LogP contribution is 2.18. The Morgan fingerprint density at radius 2 is 1.66 bits per heavy atom. The monoisotopic (exact) mass is 392 g/mol. The van der Waals surface area contributed by atoms with E-state index in [1.165, 1.54) is 10.2 Å². The van der Waals surface area contributed by atoms with Crippen LogP contribution in [0, 0.1) is 0 Å². The predicted octanol–water partition coefficient (Wildman–Crippen LogP) is 1.90. The number of aromatic nitrogens is 2. The molecule has 1 amide bonds. The Kier molecular flexibility index (Phi) is 5.31. The first kappa shape index (κ1) is 19.1. The van der Waals surface area contributed by atoms with Crippen LogP contribution in [0.4, 0.5) is 0 Å². The maximum absolute atomic E-state index is 13.1. The van der Waals surface area contributed by atoms with Crippen molar-refractivity contribution in [3.63, 3.8) is 0 Å². The molecule has 0 atom stereocenters. The molecule has 29 heavy (non-hydrogen) atoms. The van der Waals surface area contributed by atoms with Crippen molar-refractivity contribution in [2.24, 2.45) is 7.05 Å². The molecule has 3 aromatic rings. The Bertz CT molecular complexity index is 1080. The van der Waals surface area contributed by atoms with Crippen molar-refractivity contribution in [2.45, 2.75) is 6.54 Å². The maximum atomic E-state index is 13.1. The smallest absolute Gasteiger partial charge is 0.275 e. The van der Waals surface area contributed by atoms with Crippen LogP contribution in [0.15, 0.2) is 53.3 Å². The van der Waals surface area contributed by atoms with E-state index in [2.05, 4.69) is 22.1 Å². The molecule has 0 saturated carbocycles. The van der Waals surface area contributed by atoms with Crippen LogP contribution < -0.4 is 10.3 Å². The number of methoxy groups -OCH3 is 1. The minimum atomic E-state index is -0.193. The van der Waals surface area contributed by atoms with E-state index in [-0.39, 0.29) is 11.5 Å². The second-order valence-corrected chi connectivity index (χ2v) is 7.24. The molecule has 0 spiro atoms. The zero-order valence-electron chi connectivity index (χ0n) is 16.7. The van der Waals surface area contributed by atoms with Gasteiger partial charge in [0.25, 0.3) is 11.5 Å². The van der Waals surface area contributed by atoms with E-state index in [4.69, 9.17) is 4.74 Å². The molecule has 7 nitrogen and oxygen atoms in total. The third-order valence-corrected chi connectivity index (χ3v) is 5.38. The molecule has 0 unspecified atom stereocenters. The van der Waals surface area contributed by atoms with Gasteiger partial charge in [0.15, 0.2) is 5.69 Å². The van der Waals surface area contributed by atoms with Gasteiger partial charge in [-0.1, -0.05) is 30.3 Å². The van der Waals surface area contributed by atoms with Crippen molar-refractivity contribution in [3.05, 3.63) is 70.1 Å². The van der Waals surface area contributed by atoms with E-state index in [1.54, 1.807) is 32.4 Å². The van der Waals surface area contributed by atoms with Crippen molar-refractivity contribution in [1.82, 2.24) is 19.6 Å². The first-order valence-corrected chi connectivity index (χ1v) is 9.67. The number of carbonyl (C=O) groups is 1. The van der Waals surface area contributed by atoms with Gasteiger partial charge in [-0.3, -0.25) is 14.5 Å². The van der Waals surface area contributed by atoms with Gasteiger partial charge < -0.3 is 9.64 Å². The van der Waals surface area contributed by atoms with Crippen LogP contribution in [0.2, 0.25) is 0 Å². The van der Waals surface area contributed by atoms with Crippen LogP contribution in [0.1, 0.15) is 16.1 Å². The molecule has 2 heterocycles. The average molecular weight is 392 g/mol. The molecule has 1 saturated heterocycles. The molecule has 4 rings (SSSR count). The molecule has 0 bridgehead atoms. The molecular formula is C22H24N4O3. The number of hydrogen-bond acceptors (Lipinski definition) is 5. The predicted molar refractivity (Wildman–Crippen MR) is 111 cm³/mol. The summed E-state index contributed by atoms with van der Waals surface area (Å²) in [6.45, 7) is 3.69. The summed E-state index contributed by atoms with van der Waals surface area (Å²) in [4.78, 5) is 29.6. The number of ether oxygens (including phenoxy) is 1. The van der Waals surface area contributed by atoms with Crippen LogP contribution in [-0.2, 0) is 13.6 Å². The fourth-order valence-corrected chi connectivity index (χ4v) is 3.71. The van der Waals surface area contributed by atoms with Gasteiger partial charge in [0.05, 0.1) is 12.5 Å². The van der Waals surface area contributed by atoms with E-state index >= 15 is 0 Å². The summed E-state index contributed by atoms with van der Waals surface area (Å²) in [6, 6.07) is 15.2. The fourth-order valence-electron chi connectivity index (χ4n) is 3.71. The molecule has 7 heteroatoms. The van der Waals surface area contributed by atoms with Gasteiger partial charge in [-0.05, 0) is 23.8 Å². The lowest BCUT2D eigenvalue weighted by molar-refractivity contribution is 0.0622. The summed E-state index contributed by atoms with van der Waals surface area (Å²) >= 11 is 0. The summed E-state index contributed by atoms with van der Waals surface area (Å²) < 4.78 is 6.45. The summed E-state index contributed by atoms with van der Waals surface area (Å²) in [6.07, 6.45) is 0.